The van der Waals surface area contributed by atoms with Gasteiger partial charge in [0.25, 0.3) is 0 Å². The van der Waals surface area contributed by atoms with E-state index in [1.807, 2.05) is 43.3 Å². The Balaban J connectivity index is 2.43. The van der Waals surface area contributed by atoms with Crippen molar-refractivity contribution < 1.29 is 14.0 Å². The minimum atomic E-state index is -1.86. The van der Waals surface area contributed by atoms with Crippen molar-refractivity contribution in [1.29, 1.82) is 0 Å². The zero-order chi connectivity index (χ0) is 16.9. The third-order valence-corrected chi connectivity index (χ3v) is 3.82. The van der Waals surface area contributed by atoms with Crippen LogP contribution in [0.15, 0.2) is 60.9 Å². The number of rotatable bonds is 6. The Morgan fingerprint density at radius 3 is 2.35 bits per heavy atom. The minimum absolute atomic E-state index is 0.0450. The van der Waals surface area contributed by atoms with Gasteiger partial charge in [-0.3, -0.25) is 4.79 Å². The predicted molar refractivity (Wildman–Crippen MR) is 95.7 cm³/mol. The van der Waals surface area contributed by atoms with Gasteiger partial charge in [-0.2, -0.15) is 0 Å². The fraction of sp³-hybridized carbons (Fsp3) is 0.211. The first kappa shape index (κ1) is 17.0. The van der Waals surface area contributed by atoms with E-state index in [4.69, 9.17) is 9.16 Å². The summed E-state index contributed by atoms with van der Waals surface area (Å²) in [6.07, 6.45) is 3.41. The van der Waals surface area contributed by atoms with E-state index < -0.39 is 8.32 Å². The maximum absolute atomic E-state index is 12.8. The summed E-state index contributed by atoms with van der Waals surface area (Å²) in [5.74, 6) is 1.19. The number of ether oxygens (including phenoxy) is 1. The van der Waals surface area contributed by atoms with E-state index in [-0.39, 0.29) is 5.78 Å². The Morgan fingerprint density at radius 1 is 1.04 bits per heavy atom. The van der Waals surface area contributed by atoms with E-state index in [1.54, 1.807) is 24.5 Å². The number of carbonyl (C=O) groups is 1. The Morgan fingerprint density at radius 2 is 1.74 bits per heavy atom. The molecule has 0 saturated carbocycles. The van der Waals surface area contributed by atoms with E-state index in [2.05, 4.69) is 19.6 Å². The standard InChI is InChI=1S/C19H22O3Si/c1-5-13-21-16-11-12-17(18(14-16)22-23(2,3)4)19(20)15-9-7-6-8-10-15/h5-14H,1-4H3. The van der Waals surface area contributed by atoms with E-state index >= 15 is 0 Å². The van der Waals surface area contributed by atoms with E-state index in [0.717, 1.165) is 0 Å². The van der Waals surface area contributed by atoms with E-state index in [0.29, 0.717) is 22.6 Å². The van der Waals surface area contributed by atoms with Gasteiger partial charge in [0.2, 0.25) is 8.32 Å². The molecule has 0 aliphatic carbocycles. The molecule has 0 aliphatic heterocycles. The zero-order valence-corrected chi connectivity index (χ0v) is 15.0. The molecule has 0 bridgehead atoms. The Kier molecular flexibility index (Phi) is 5.39. The second kappa shape index (κ2) is 7.29. The normalized spacial score (nSPS) is 11.5. The highest BCUT2D eigenvalue weighted by molar-refractivity contribution is 6.70. The van der Waals surface area contributed by atoms with Gasteiger partial charge >= 0.3 is 0 Å². The maximum Gasteiger partial charge on any atom is 0.242 e. The molecular weight excluding hydrogens is 304 g/mol. The van der Waals surface area contributed by atoms with Gasteiger partial charge in [-0.05, 0) is 38.7 Å². The molecule has 23 heavy (non-hydrogen) atoms. The number of hydrogen-bond donors (Lipinski definition) is 0. The van der Waals surface area contributed by atoms with Crippen LogP contribution in [0.5, 0.6) is 11.5 Å². The van der Waals surface area contributed by atoms with Crippen molar-refractivity contribution >= 4 is 14.1 Å². The first-order chi connectivity index (χ1) is 10.9. The average Bonchev–Trinajstić information content (AvgIpc) is 2.52. The number of carbonyl (C=O) groups excluding carboxylic acids is 1. The van der Waals surface area contributed by atoms with Crippen LogP contribution in [0.2, 0.25) is 19.6 Å². The fourth-order valence-corrected chi connectivity index (χ4v) is 2.90. The van der Waals surface area contributed by atoms with Crippen LogP contribution in [0.3, 0.4) is 0 Å². The smallest absolute Gasteiger partial charge is 0.242 e. The van der Waals surface area contributed by atoms with Crippen LogP contribution in [0, 0.1) is 0 Å². The molecule has 120 valence electrons. The van der Waals surface area contributed by atoms with Crippen LogP contribution < -0.4 is 9.16 Å². The molecule has 0 aliphatic rings. The molecule has 2 aromatic rings. The zero-order valence-electron chi connectivity index (χ0n) is 14.0. The molecule has 0 unspecified atom stereocenters. The second-order valence-electron chi connectivity index (χ2n) is 6.15. The van der Waals surface area contributed by atoms with Crippen molar-refractivity contribution in [2.45, 2.75) is 26.6 Å². The topological polar surface area (TPSA) is 35.5 Å². The third-order valence-electron chi connectivity index (χ3n) is 2.99. The quantitative estimate of drug-likeness (QED) is 0.423. The van der Waals surface area contributed by atoms with Gasteiger partial charge in [-0.1, -0.05) is 36.4 Å². The monoisotopic (exact) mass is 326 g/mol. The lowest BCUT2D eigenvalue weighted by Crippen LogP contribution is -2.30. The van der Waals surface area contributed by atoms with Gasteiger partial charge in [0, 0.05) is 11.6 Å². The van der Waals surface area contributed by atoms with E-state index in [1.165, 1.54) is 0 Å². The summed E-state index contributed by atoms with van der Waals surface area (Å²) in [5, 5.41) is 0. The molecule has 0 fully saturated rings. The summed E-state index contributed by atoms with van der Waals surface area (Å²) >= 11 is 0. The van der Waals surface area contributed by atoms with Crippen LogP contribution in [0.1, 0.15) is 22.8 Å². The Labute approximate surface area is 138 Å². The van der Waals surface area contributed by atoms with Gasteiger partial charge < -0.3 is 9.16 Å². The number of benzene rings is 2. The van der Waals surface area contributed by atoms with E-state index in [9.17, 15) is 4.79 Å². The first-order valence-electron chi connectivity index (χ1n) is 7.61. The molecule has 0 N–H and O–H groups in total. The molecule has 0 saturated heterocycles. The van der Waals surface area contributed by atoms with Gasteiger partial charge in [0.1, 0.15) is 11.5 Å². The van der Waals surface area contributed by atoms with Crippen LogP contribution in [-0.4, -0.2) is 14.1 Å². The number of ketones is 1. The second-order valence-corrected chi connectivity index (χ2v) is 10.6. The van der Waals surface area contributed by atoms with Gasteiger partial charge in [-0.25, -0.2) is 0 Å². The van der Waals surface area contributed by atoms with Gasteiger partial charge in [0.05, 0.1) is 11.8 Å². The van der Waals surface area contributed by atoms with Crippen LogP contribution in [0.25, 0.3) is 0 Å². The van der Waals surface area contributed by atoms with Crippen molar-refractivity contribution in [3.8, 4) is 11.5 Å². The number of hydrogen-bond acceptors (Lipinski definition) is 3. The summed E-state index contributed by atoms with van der Waals surface area (Å²) in [7, 11) is -1.86. The Bertz CT molecular complexity index is 700. The highest BCUT2D eigenvalue weighted by Gasteiger charge is 2.22. The molecule has 2 rings (SSSR count). The Hall–Kier alpha value is -2.33. The number of allylic oxidation sites excluding steroid dienone is 1. The molecule has 4 heteroatoms. The molecule has 0 radical (unpaired) electrons. The molecule has 0 atom stereocenters. The summed E-state index contributed by atoms with van der Waals surface area (Å²) in [5.41, 5.74) is 1.21. The van der Waals surface area contributed by atoms with Crippen molar-refractivity contribution in [3.05, 3.63) is 72.0 Å². The molecular formula is C19H22O3Si. The lowest BCUT2D eigenvalue weighted by atomic mass is 10.0. The summed E-state index contributed by atoms with van der Waals surface area (Å²) in [4.78, 5) is 12.8. The summed E-state index contributed by atoms with van der Waals surface area (Å²) < 4.78 is 11.6. The van der Waals surface area contributed by atoms with Crippen LogP contribution in [-0.2, 0) is 0 Å². The lowest BCUT2D eigenvalue weighted by Gasteiger charge is -2.22. The summed E-state index contributed by atoms with van der Waals surface area (Å²) in [6, 6.07) is 14.6. The largest absolute Gasteiger partial charge is 0.544 e. The molecule has 0 amide bonds. The first-order valence-corrected chi connectivity index (χ1v) is 11.0. The summed E-state index contributed by atoms with van der Waals surface area (Å²) in [6.45, 7) is 8.14. The third kappa shape index (κ3) is 4.83. The lowest BCUT2D eigenvalue weighted by molar-refractivity contribution is 0.103. The molecule has 3 nitrogen and oxygen atoms in total. The molecule has 2 aromatic carbocycles. The maximum atomic E-state index is 12.8. The average molecular weight is 326 g/mol. The highest BCUT2D eigenvalue weighted by atomic mass is 28.4. The van der Waals surface area contributed by atoms with Gasteiger partial charge in [-0.15, -0.1) is 0 Å². The highest BCUT2D eigenvalue weighted by Crippen LogP contribution is 2.29. The molecule has 0 heterocycles. The van der Waals surface area contributed by atoms with Crippen LogP contribution >= 0.6 is 0 Å². The van der Waals surface area contributed by atoms with Crippen molar-refractivity contribution in [2.24, 2.45) is 0 Å². The van der Waals surface area contributed by atoms with Gasteiger partial charge in [0.15, 0.2) is 5.78 Å². The molecule has 0 spiro atoms. The van der Waals surface area contributed by atoms with Crippen molar-refractivity contribution in [2.75, 3.05) is 0 Å². The van der Waals surface area contributed by atoms with Crippen molar-refractivity contribution in [3.63, 3.8) is 0 Å². The SMILES string of the molecule is CC=COc1ccc(C(=O)c2ccccc2)c(O[Si](C)(C)C)c1. The predicted octanol–water partition coefficient (Wildman–Crippen LogP) is 5.04. The van der Waals surface area contributed by atoms with Crippen molar-refractivity contribution in [1.82, 2.24) is 0 Å². The molecule has 0 aromatic heterocycles. The van der Waals surface area contributed by atoms with Crippen LogP contribution in [0.4, 0.5) is 0 Å². The minimum Gasteiger partial charge on any atom is -0.544 e. The fourth-order valence-electron chi connectivity index (χ4n) is 2.07.